The molecule has 2 heterocycles. The summed E-state index contributed by atoms with van der Waals surface area (Å²) in [6.07, 6.45) is 2.94. The molecule has 0 aliphatic rings. The van der Waals surface area contributed by atoms with Crippen LogP contribution in [0.1, 0.15) is 0 Å². The molecule has 0 radical (unpaired) electrons. The van der Waals surface area contributed by atoms with Crippen LogP contribution in [0.4, 0.5) is 5.82 Å². The van der Waals surface area contributed by atoms with Crippen LogP contribution < -0.4 is 10.3 Å². The van der Waals surface area contributed by atoms with Crippen LogP contribution in [0.15, 0.2) is 44.8 Å². The molecular formula is C9H8BrN3O3S. The summed E-state index contributed by atoms with van der Waals surface area (Å²) in [4.78, 5) is 16.1. The van der Waals surface area contributed by atoms with Crippen molar-refractivity contribution in [3.63, 3.8) is 0 Å². The molecule has 2 rings (SSSR count). The van der Waals surface area contributed by atoms with E-state index in [1.165, 1.54) is 12.3 Å². The number of aromatic nitrogens is 2. The summed E-state index contributed by atoms with van der Waals surface area (Å²) in [5.41, 5.74) is -0.674. The Balaban J connectivity index is 2.45. The van der Waals surface area contributed by atoms with Crippen LogP contribution in [0, 0.1) is 0 Å². The van der Waals surface area contributed by atoms with Crippen LogP contribution >= 0.6 is 15.9 Å². The van der Waals surface area contributed by atoms with Crippen molar-refractivity contribution in [1.82, 2.24) is 9.97 Å². The molecule has 2 aromatic heterocycles. The van der Waals surface area contributed by atoms with Crippen LogP contribution in [0.2, 0.25) is 0 Å². The van der Waals surface area contributed by atoms with Gasteiger partial charge >= 0.3 is 0 Å². The molecule has 2 aromatic rings. The van der Waals surface area contributed by atoms with E-state index in [2.05, 4.69) is 30.6 Å². The Morgan fingerprint density at radius 3 is 2.71 bits per heavy atom. The summed E-state index contributed by atoms with van der Waals surface area (Å²) in [7, 11) is -3.89. The van der Waals surface area contributed by atoms with E-state index in [9.17, 15) is 13.2 Å². The van der Waals surface area contributed by atoms with Crippen molar-refractivity contribution in [2.24, 2.45) is 0 Å². The largest absolute Gasteiger partial charge is 0.348 e. The third-order valence-electron chi connectivity index (χ3n) is 1.97. The van der Waals surface area contributed by atoms with Gasteiger partial charge in [-0.15, -0.1) is 0 Å². The van der Waals surface area contributed by atoms with Crippen molar-refractivity contribution >= 4 is 31.8 Å². The van der Waals surface area contributed by atoms with Crippen LogP contribution in [0.25, 0.3) is 0 Å². The third kappa shape index (κ3) is 2.59. The molecule has 0 spiro atoms. The van der Waals surface area contributed by atoms with Gasteiger partial charge in [0.25, 0.3) is 15.6 Å². The minimum atomic E-state index is -3.89. The predicted octanol–water partition coefficient (Wildman–Crippen LogP) is 1.27. The van der Waals surface area contributed by atoms with E-state index in [0.717, 1.165) is 0 Å². The van der Waals surface area contributed by atoms with Gasteiger partial charge in [-0.25, -0.2) is 8.42 Å². The Kier molecular flexibility index (Phi) is 3.07. The number of H-pyrrole nitrogens is 2. The number of hydrogen-bond acceptors (Lipinski definition) is 3. The van der Waals surface area contributed by atoms with Crippen LogP contribution in [-0.2, 0) is 10.0 Å². The van der Waals surface area contributed by atoms with Gasteiger partial charge in [-0.1, -0.05) is 0 Å². The van der Waals surface area contributed by atoms with E-state index in [-0.39, 0.29) is 4.90 Å². The Morgan fingerprint density at radius 1 is 1.29 bits per heavy atom. The lowest BCUT2D eigenvalue weighted by molar-refractivity contribution is 0.599. The topological polar surface area (TPSA) is 94.8 Å². The number of sulfonamides is 1. The van der Waals surface area contributed by atoms with E-state index >= 15 is 0 Å². The van der Waals surface area contributed by atoms with E-state index in [1.807, 2.05) is 0 Å². The van der Waals surface area contributed by atoms with Crippen molar-refractivity contribution in [2.75, 3.05) is 4.72 Å². The summed E-state index contributed by atoms with van der Waals surface area (Å²) >= 11 is 3.10. The van der Waals surface area contributed by atoms with Crippen molar-refractivity contribution < 1.29 is 8.42 Å². The molecule has 0 amide bonds. The minimum absolute atomic E-state index is 0.296. The monoisotopic (exact) mass is 317 g/mol. The second kappa shape index (κ2) is 4.38. The number of hydrogen-bond donors (Lipinski definition) is 3. The lowest BCUT2D eigenvalue weighted by Gasteiger charge is -2.05. The zero-order valence-electron chi connectivity index (χ0n) is 8.40. The van der Waals surface area contributed by atoms with Gasteiger partial charge in [0.1, 0.15) is 5.82 Å². The number of pyridine rings is 1. The quantitative estimate of drug-likeness (QED) is 0.795. The Labute approximate surface area is 105 Å². The fourth-order valence-corrected chi connectivity index (χ4v) is 2.84. The standard InChI is InChI=1S/C9H8BrN3O3S/c10-6-4-7(9(14)12-5-6)17(15,16)13-8-2-1-3-11-8/h1-5,11,13H,(H,12,14). The van der Waals surface area contributed by atoms with Gasteiger partial charge in [0.05, 0.1) is 0 Å². The van der Waals surface area contributed by atoms with Crippen LogP contribution in [0.3, 0.4) is 0 Å². The highest BCUT2D eigenvalue weighted by molar-refractivity contribution is 9.10. The first kappa shape index (κ1) is 11.9. The molecule has 0 aliphatic heterocycles. The number of nitrogens with one attached hydrogen (secondary N) is 3. The Morgan fingerprint density at radius 2 is 2.06 bits per heavy atom. The second-order valence-corrected chi connectivity index (χ2v) is 5.77. The smallest absolute Gasteiger partial charge is 0.268 e. The van der Waals surface area contributed by atoms with Gasteiger partial charge < -0.3 is 9.97 Å². The van der Waals surface area contributed by atoms with Gasteiger partial charge in [0.2, 0.25) is 0 Å². The van der Waals surface area contributed by atoms with Crippen molar-refractivity contribution in [2.45, 2.75) is 4.90 Å². The molecule has 3 N–H and O–H groups in total. The first-order valence-electron chi connectivity index (χ1n) is 4.53. The van der Waals surface area contributed by atoms with Crippen molar-refractivity contribution in [1.29, 1.82) is 0 Å². The van der Waals surface area contributed by atoms with Gasteiger partial charge in [0, 0.05) is 16.9 Å². The zero-order chi connectivity index (χ0) is 12.5. The first-order valence-corrected chi connectivity index (χ1v) is 6.81. The molecule has 17 heavy (non-hydrogen) atoms. The molecule has 0 fully saturated rings. The molecule has 0 atom stereocenters. The average molecular weight is 318 g/mol. The first-order chi connectivity index (χ1) is 7.99. The number of rotatable bonds is 3. The Bertz CT molecular complexity index is 676. The van der Waals surface area contributed by atoms with Gasteiger partial charge in [-0.2, -0.15) is 0 Å². The summed E-state index contributed by atoms with van der Waals surface area (Å²) < 4.78 is 26.5. The zero-order valence-corrected chi connectivity index (χ0v) is 10.8. The summed E-state index contributed by atoms with van der Waals surface area (Å²) in [6.45, 7) is 0. The molecule has 0 saturated carbocycles. The highest BCUT2D eigenvalue weighted by Gasteiger charge is 2.19. The lowest BCUT2D eigenvalue weighted by atomic mass is 10.5. The predicted molar refractivity (Wildman–Crippen MR) is 66.4 cm³/mol. The van der Waals surface area contributed by atoms with Crippen molar-refractivity contribution in [3.8, 4) is 0 Å². The summed E-state index contributed by atoms with van der Waals surface area (Å²) in [5.74, 6) is 0.296. The fourth-order valence-electron chi connectivity index (χ4n) is 1.23. The van der Waals surface area contributed by atoms with E-state index in [1.54, 1.807) is 18.3 Å². The van der Waals surface area contributed by atoms with Crippen LogP contribution in [0.5, 0.6) is 0 Å². The SMILES string of the molecule is O=c1[nH]cc(Br)cc1S(=O)(=O)Nc1ccc[nH]1. The molecule has 6 nitrogen and oxygen atoms in total. The van der Waals surface area contributed by atoms with Gasteiger partial charge in [-0.05, 0) is 34.1 Å². The number of aromatic amines is 2. The van der Waals surface area contributed by atoms with Gasteiger partial charge in [0.15, 0.2) is 4.90 Å². The average Bonchev–Trinajstić information content (AvgIpc) is 2.73. The second-order valence-electron chi connectivity index (χ2n) is 3.20. The molecule has 0 aliphatic carbocycles. The number of halogens is 1. The summed E-state index contributed by atoms with van der Waals surface area (Å²) in [6, 6.07) is 4.43. The molecule has 0 unspecified atom stereocenters. The molecule has 90 valence electrons. The van der Waals surface area contributed by atoms with E-state index in [0.29, 0.717) is 10.3 Å². The third-order valence-corrected chi connectivity index (χ3v) is 3.79. The fraction of sp³-hybridized carbons (Fsp3) is 0. The van der Waals surface area contributed by atoms with E-state index in [4.69, 9.17) is 0 Å². The summed E-state index contributed by atoms with van der Waals surface area (Å²) in [5, 5.41) is 0. The molecular weight excluding hydrogens is 310 g/mol. The van der Waals surface area contributed by atoms with Crippen molar-refractivity contribution in [3.05, 3.63) is 45.4 Å². The highest BCUT2D eigenvalue weighted by atomic mass is 79.9. The Hall–Kier alpha value is -1.54. The molecule has 0 saturated heterocycles. The molecule has 8 heteroatoms. The maximum Gasteiger partial charge on any atom is 0.268 e. The van der Waals surface area contributed by atoms with E-state index < -0.39 is 15.6 Å². The maximum atomic E-state index is 11.9. The lowest BCUT2D eigenvalue weighted by Crippen LogP contribution is -2.22. The van der Waals surface area contributed by atoms with Gasteiger partial charge in [-0.3, -0.25) is 9.52 Å². The molecule has 0 bridgehead atoms. The number of anilines is 1. The minimum Gasteiger partial charge on any atom is -0.348 e. The maximum absolute atomic E-state index is 11.9. The van der Waals surface area contributed by atoms with Crippen LogP contribution in [-0.4, -0.2) is 18.4 Å². The normalized spacial score (nSPS) is 11.4. The highest BCUT2D eigenvalue weighted by Crippen LogP contribution is 2.14. The molecule has 0 aromatic carbocycles.